The van der Waals surface area contributed by atoms with Gasteiger partial charge in [0, 0.05) is 30.9 Å². The maximum atomic E-state index is 2.44. The van der Waals surface area contributed by atoms with E-state index in [1.807, 2.05) is 22.7 Å². The van der Waals surface area contributed by atoms with Crippen molar-refractivity contribution in [2.24, 2.45) is 0 Å². The van der Waals surface area contributed by atoms with Crippen LogP contribution in [0.3, 0.4) is 0 Å². The van der Waals surface area contributed by atoms with E-state index in [2.05, 4.69) is 158 Å². The van der Waals surface area contributed by atoms with Crippen molar-refractivity contribution in [2.75, 3.05) is 0 Å². The summed E-state index contributed by atoms with van der Waals surface area (Å²) in [6.07, 6.45) is 0. The predicted octanol–water partition coefficient (Wildman–Crippen LogP) is 14.4. The van der Waals surface area contributed by atoms with Gasteiger partial charge in [-0.3, -0.25) is 0 Å². The summed E-state index contributed by atoms with van der Waals surface area (Å²) in [5, 5.41) is 15.8. The number of rotatable bonds is 2. The molecule has 0 aliphatic carbocycles. The predicted molar refractivity (Wildman–Crippen MR) is 213 cm³/mol. The third-order valence-electron chi connectivity index (χ3n) is 10.2. The molecule has 0 fully saturated rings. The minimum atomic E-state index is 1.26. The molecule has 0 nitrogen and oxygen atoms in total. The van der Waals surface area contributed by atoms with Crippen molar-refractivity contribution in [2.45, 2.75) is 0 Å². The average molecular weight is 643 g/mol. The molecule has 0 unspecified atom stereocenters. The van der Waals surface area contributed by atoms with Crippen molar-refractivity contribution in [1.29, 1.82) is 0 Å². The Morgan fingerprint density at radius 1 is 0.271 bits per heavy atom. The van der Waals surface area contributed by atoms with Gasteiger partial charge in [-0.1, -0.05) is 146 Å². The van der Waals surface area contributed by atoms with E-state index in [9.17, 15) is 0 Å². The largest absolute Gasteiger partial charge is 0.134 e. The first-order chi connectivity index (χ1) is 23.8. The molecule has 48 heavy (non-hydrogen) atoms. The summed E-state index contributed by atoms with van der Waals surface area (Å²) in [5.74, 6) is 0. The lowest BCUT2D eigenvalue weighted by Gasteiger charge is -2.18. The molecule has 0 radical (unpaired) electrons. The van der Waals surface area contributed by atoms with Crippen LogP contribution in [0.1, 0.15) is 0 Å². The second-order valence-corrected chi connectivity index (χ2v) is 14.9. The highest BCUT2D eigenvalue weighted by atomic mass is 32.1. The molecule has 222 valence electrons. The second-order valence-electron chi connectivity index (χ2n) is 12.8. The summed E-state index contributed by atoms with van der Waals surface area (Å²) in [7, 11) is 0. The van der Waals surface area contributed by atoms with E-state index in [0.29, 0.717) is 0 Å². The SMILES string of the molecule is c1ccc2cc(-c3c4ccccc4c(-c4ccc5c(c4)sc4c5ccc5c6ccc7ccccc7c6sc54)c4ccccc34)ccc2c1. The third-order valence-corrected chi connectivity index (χ3v) is 12.8. The van der Waals surface area contributed by atoms with Gasteiger partial charge in [0.05, 0.1) is 9.40 Å². The molecule has 0 amide bonds. The molecular formula is C46H26S2. The number of benzene rings is 9. The lowest BCUT2D eigenvalue weighted by Crippen LogP contribution is -1.90. The first kappa shape index (κ1) is 26.5. The Morgan fingerprint density at radius 2 is 0.729 bits per heavy atom. The van der Waals surface area contributed by atoms with E-state index in [-0.39, 0.29) is 0 Å². The monoisotopic (exact) mass is 642 g/mol. The van der Waals surface area contributed by atoms with Crippen LogP contribution in [0.2, 0.25) is 0 Å². The fourth-order valence-electron chi connectivity index (χ4n) is 8.05. The fraction of sp³-hybridized carbons (Fsp3) is 0. The Bertz CT molecular complexity index is 3060. The highest BCUT2D eigenvalue weighted by molar-refractivity contribution is 7.34. The minimum Gasteiger partial charge on any atom is -0.134 e. The van der Waals surface area contributed by atoms with E-state index >= 15 is 0 Å². The first-order valence-electron chi connectivity index (χ1n) is 16.4. The van der Waals surface area contributed by atoms with Gasteiger partial charge in [-0.05, 0) is 77.5 Å². The molecule has 9 aromatic carbocycles. The van der Waals surface area contributed by atoms with Gasteiger partial charge in [-0.25, -0.2) is 0 Å². The maximum Gasteiger partial charge on any atom is 0.0534 e. The maximum absolute atomic E-state index is 2.44. The number of thiophene rings is 2. The summed E-state index contributed by atoms with van der Waals surface area (Å²) in [6.45, 7) is 0. The Kier molecular flexibility index (Phi) is 5.51. The van der Waals surface area contributed by atoms with E-state index < -0.39 is 0 Å². The zero-order chi connectivity index (χ0) is 31.3. The Labute approximate surface area is 284 Å². The van der Waals surface area contributed by atoms with Gasteiger partial charge in [0.1, 0.15) is 0 Å². The van der Waals surface area contributed by atoms with Crippen LogP contribution in [0.15, 0.2) is 158 Å². The van der Waals surface area contributed by atoms with Crippen molar-refractivity contribution < 1.29 is 0 Å². The molecule has 2 aromatic heterocycles. The molecule has 0 saturated heterocycles. The Hall–Kier alpha value is -5.54. The molecule has 11 aromatic rings. The lowest BCUT2D eigenvalue weighted by atomic mass is 9.85. The van der Waals surface area contributed by atoms with Gasteiger partial charge in [-0.15, -0.1) is 22.7 Å². The van der Waals surface area contributed by atoms with Gasteiger partial charge in [0.2, 0.25) is 0 Å². The fourth-order valence-corrected chi connectivity index (χ4v) is 10.8. The number of fused-ring (bicyclic) bond motifs is 12. The smallest absolute Gasteiger partial charge is 0.0534 e. The second kappa shape index (κ2) is 9.98. The summed E-state index contributed by atoms with van der Waals surface area (Å²) in [6, 6.07) is 58.7. The first-order valence-corrected chi connectivity index (χ1v) is 18.1. The third kappa shape index (κ3) is 3.70. The summed E-state index contributed by atoms with van der Waals surface area (Å²) in [4.78, 5) is 0. The Balaban J connectivity index is 1.17. The van der Waals surface area contributed by atoms with Gasteiger partial charge in [-0.2, -0.15) is 0 Å². The normalized spacial score (nSPS) is 12.2. The summed E-state index contributed by atoms with van der Waals surface area (Å²) in [5.41, 5.74) is 5.14. The molecule has 2 heteroatoms. The zero-order valence-corrected chi connectivity index (χ0v) is 27.5. The van der Waals surface area contributed by atoms with Gasteiger partial charge in [0.15, 0.2) is 0 Å². The molecule has 0 atom stereocenters. The molecule has 0 spiro atoms. The topological polar surface area (TPSA) is 0 Å². The highest BCUT2D eigenvalue weighted by Gasteiger charge is 2.19. The summed E-state index contributed by atoms with van der Waals surface area (Å²) >= 11 is 3.89. The molecule has 0 aliphatic heterocycles. The van der Waals surface area contributed by atoms with Crippen molar-refractivity contribution in [1.82, 2.24) is 0 Å². The molecule has 0 saturated carbocycles. The zero-order valence-electron chi connectivity index (χ0n) is 25.8. The molecule has 0 N–H and O–H groups in total. The molecule has 0 bridgehead atoms. The van der Waals surface area contributed by atoms with Crippen molar-refractivity contribution >= 4 is 106 Å². The van der Waals surface area contributed by atoms with Crippen LogP contribution in [-0.2, 0) is 0 Å². The van der Waals surface area contributed by atoms with Crippen molar-refractivity contribution in [3.63, 3.8) is 0 Å². The van der Waals surface area contributed by atoms with Crippen molar-refractivity contribution in [3.05, 3.63) is 158 Å². The number of hydrogen-bond donors (Lipinski definition) is 0. The van der Waals surface area contributed by atoms with Gasteiger partial charge < -0.3 is 0 Å². The summed E-state index contributed by atoms with van der Waals surface area (Å²) < 4.78 is 5.52. The highest BCUT2D eigenvalue weighted by Crippen LogP contribution is 2.48. The van der Waals surface area contributed by atoms with Crippen LogP contribution < -0.4 is 0 Å². The number of hydrogen-bond acceptors (Lipinski definition) is 2. The molecular weight excluding hydrogens is 617 g/mol. The van der Waals surface area contributed by atoms with Gasteiger partial charge in [0.25, 0.3) is 0 Å². The molecule has 2 heterocycles. The van der Waals surface area contributed by atoms with Crippen LogP contribution in [0.4, 0.5) is 0 Å². The van der Waals surface area contributed by atoms with E-state index in [4.69, 9.17) is 0 Å². The molecule has 11 rings (SSSR count). The Morgan fingerprint density at radius 3 is 1.44 bits per heavy atom. The lowest BCUT2D eigenvalue weighted by molar-refractivity contribution is 1.69. The average Bonchev–Trinajstić information content (AvgIpc) is 3.72. The standard InChI is InChI=1S/C46H26S2/c1-2-11-29-25-30(18-17-27(29)9-1)42-34-13-5-7-15-36(34)43(37-16-8-6-14-35(37)42)31-20-21-33-38-23-24-40-39-22-19-28-10-3-4-12-32(28)44(39)48-46(40)45(38)47-41(33)26-31/h1-26H. The molecule has 0 aliphatic rings. The van der Waals surface area contributed by atoms with Crippen LogP contribution in [0.5, 0.6) is 0 Å². The van der Waals surface area contributed by atoms with Crippen LogP contribution in [-0.4, -0.2) is 0 Å². The minimum absolute atomic E-state index is 1.26. The van der Waals surface area contributed by atoms with Gasteiger partial charge >= 0.3 is 0 Å². The van der Waals surface area contributed by atoms with E-state index in [0.717, 1.165) is 0 Å². The van der Waals surface area contributed by atoms with E-state index in [1.54, 1.807) is 0 Å². The van der Waals surface area contributed by atoms with E-state index in [1.165, 1.54) is 106 Å². The quantitative estimate of drug-likeness (QED) is 0.165. The van der Waals surface area contributed by atoms with Crippen LogP contribution in [0, 0.1) is 0 Å². The van der Waals surface area contributed by atoms with Crippen molar-refractivity contribution in [3.8, 4) is 22.3 Å². The van der Waals surface area contributed by atoms with Crippen LogP contribution >= 0.6 is 22.7 Å². The van der Waals surface area contributed by atoms with Crippen LogP contribution in [0.25, 0.3) is 106 Å².